The molecule has 2 rings (SSSR count). The highest BCUT2D eigenvalue weighted by Crippen LogP contribution is 2.26. The van der Waals surface area contributed by atoms with Crippen LogP contribution in [0.1, 0.15) is 209 Å². The molecule has 0 nitrogen and oxygen atoms in total. The summed E-state index contributed by atoms with van der Waals surface area (Å²) in [4.78, 5) is 0. The molecule has 0 atom stereocenters. The van der Waals surface area contributed by atoms with Crippen molar-refractivity contribution in [1.82, 2.24) is 0 Å². The molecule has 0 aromatic carbocycles. The zero-order valence-electron chi connectivity index (χ0n) is 23.8. The lowest BCUT2D eigenvalue weighted by molar-refractivity contribution is 0.311. The molecule has 0 N–H and O–H groups in total. The Balaban J connectivity index is 0. The quantitative estimate of drug-likeness (QED) is 0.358. The lowest BCUT2D eigenvalue weighted by Gasteiger charge is -2.21. The number of hydrogen-bond acceptors (Lipinski definition) is 0. The Kier molecular flexibility index (Phi) is 30.3. The molecule has 0 saturated heterocycles. The van der Waals surface area contributed by atoms with Gasteiger partial charge in [-0.1, -0.05) is 209 Å². The maximum absolute atomic E-state index is 2.42. The lowest BCUT2D eigenvalue weighted by atomic mass is 9.85. The van der Waals surface area contributed by atoms with Gasteiger partial charge < -0.3 is 0 Å². The summed E-state index contributed by atoms with van der Waals surface area (Å²) >= 11 is 0. The summed E-state index contributed by atoms with van der Waals surface area (Å²) in [6.07, 6.45) is 40.3. The van der Waals surface area contributed by atoms with Crippen molar-refractivity contribution in [3.05, 3.63) is 0 Å². The molecule has 0 heterocycles. The van der Waals surface area contributed by atoms with Gasteiger partial charge in [0.15, 0.2) is 0 Å². The van der Waals surface area contributed by atoms with Gasteiger partial charge in [0.2, 0.25) is 0 Å². The van der Waals surface area contributed by atoms with Crippen LogP contribution in [0.3, 0.4) is 0 Å². The molecule has 0 aliphatic heterocycles. The summed E-state index contributed by atoms with van der Waals surface area (Å²) in [5, 5.41) is 0. The van der Waals surface area contributed by atoms with Gasteiger partial charge in [-0.3, -0.25) is 0 Å². The molecular weight excluding hydrogens is 420 g/mol. The van der Waals surface area contributed by atoms with Crippen molar-refractivity contribution < 1.29 is 0 Å². The van der Waals surface area contributed by atoms with Crippen LogP contribution in [0.5, 0.6) is 0 Å². The first-order chi connectivity index (χ1) is 16.2. The fraction of sp³-hybridized carbons (Fsp3) is 1.00. The highest BCUT2D eigenvalue weighted by Gasteiger charge is 2.12. The minimum Gasteiger partial charge on any atom is -0.0776 e. The maximum Gasteiger partial charge on any atom is -0.0391 e. The molecule has 0 bridgehead atoms. The molecule has 0 radical (unpaired) electrons. The highest BCUT2D eigenvalue weighted by molar-refractivity contribution is 4.65. The lowest BCUT2D eigenvalue weighted by Crippen LogP contribution is -2.09. The van der Waals surface area contributed by atoms with Crippen LogP contribution in [0.2, 0.25) is 0 Å². The van der Waals surface area contributed by atoms with E-state index in [0.29, 0.717) is 0 Å². The van der Waals surface area contributed by atoms with Crippen molar-refractivity contribution in [2.24, 2.45) is 17.8 Å². The number of hydrogen-bond donors (Lipinski definition) is 0. The van der Waals surface area contributed by atoms with E-state index in [2.05, 4.69) is 20.8 Å². The van der Waals surface area contributed by atoms with Crippen molar-refractivity contribution in [3.63, 3.8) is 0 Å². The maximum atomic E-state index is 2.42. The normalized spacial score (nSPS) is 22.3. The van der Waals surface area contributed by atoms with Crippen molar-refractivity contribution in [2.75, 3.05) is 0 Å². The van der Waals surface area contributed by atoms with E-state index in [-0.39, 0.29) is 14.9 Å². The van der Waals surface area contributed by atoms with E-state index in [9.17, 15) is 0 Å². The Labute approximate surface area is 226 Å². The van der Waals surface area contributed by atoms with Gasteiger partial charge in [0.25, 0.3) is 0 Å². The van der Waals surface area contributed by atoms with Gasteiger partial charge in [-0.05, 0) is 17.8 Å². The zero-order chi connectivity index (χ0) is 23.8. The SMILES string of the molecule is C.C.CC(C)C1CCCCCCCCCCCCC1.CCC1CCCCCCCCCCCCC1. The minimum absolute atomic E-state index is 0. The zero-order valence-corrected chi connectivity index (χ0v) is 23.8. The van der Waals surface area contributed by atoms with E-state index in [1.165, 1.54) is 173 Å². The van der Waals surface area contributed by atoms with Crippen molar-refractivity contribution in [2.45, 2.75) is 209 Å². The second-order valence-electron chi connectivity index (χ2n) is 12.2. The molecule has 2 aliphatic carbocycles. The molecule has 2 fully saturated rings. The van der Waals surface area contributed by atoms with Gasteiger partial charge in [-0.25, -0.2) is 0 Å². The van der Waals surface area contributed by atoms with Crippen LogP contribution < -0.4 is 0 Å². The molecule has 0 aromatic rings. The molecule has 2 aliphatic rings. The predicted octanol–water partition coefficient (Wildman–Crippen LogP) is 13.7. The third-order valence-electron chi connectivity index (χ3n) is 8.89. The average Bonchev–Trinajstić information content (AvgIpc) is 2.82. The van der Waals surface area contributed by atoms with Crippen LogP contribution in [0, 0.1) is 17.8 Å². The Hall–Kier alpha value is 0. The summed E-state index contributed by atoms with van der Waals surface area (Å²) in [6, 6.07) is 0. The second-order valence-corrected chi connectivity index (χ2v) is 12.2. The Bertz CT molecular complexity index is 342. The van der Waals surface area contributed by atoms with E-state index in [1.807, 2.05) is 0 Å². The second kappa shape index (κ2) is 28.6. The average molecular weight is 495 g/mol. The van der Waals surface area contributed by atoms with Crippen LogP contribution in [0.25, 0.3) is 0 Å². The fourth-order valence-corrected chi connectivity index (χ4v) is 6.22. The number of rotatable bonds is 2. The molecule has 214 valence electrons. The van der Waals surface area contributed by atoms with Gasteiger partial charge in [-0.15, -0.1) is 0 Å². The van der Waals surface area contributed by atoms with E-state index < -0.39 is 0 Å². The summed E-state index contributed by atoms with van der Waals surface area (Å²) < 4.78 is 0. The van der Waals surface area contributed by atoms with Crippen LogP contribution >= 0.6 is 0 Å². The molecule has 0 heteroatoms. The standard InChI is InChI=1S/C17H34.C16H32.2CH4/c1-16(2)17-14-12-10-8-6-4-3-5-7-9-11-13-15-17;1-2-16-14-12-10-8-6-4-3-5-7-9-11-13-15-16;;/h16-17H,3-15H2,1-2H3;16H,2-15H2,1H3;2*1H4. The molecular formula is C35H74. The summed E-state index contributed by atoms with van der Waals surface area (Å²) in [6.45, 7) is 7.23. The smallest absolute Gasteiger partial charge is 0.0391 e. The van der Waals surface area contributed by atoms with Gasteiger partial charge >= 0.3 is 0 Å². The van der Waals surface area contributed by atoms with Gasteiger partial charge in [0.1, 0.15) is 0 Å². The van der Waals surface area contributed by atoms with E-state index in [1.54, 1.807) is 0 Å². The summed E-state index contributed by atoms with van der Waals surface area (Å²) in [5.74, 6) is 2.96. The molecule has 0 amide bonds. The third kappa shape index (κ3) is 24.1. The molecule has 2 saturated carbocycles. The predicted molar refractivity (Wildman–Crippen MR) is 166 cm³/mol. The largest absolute Gasteiger partial charge is 0.0776 e. The van der Waals surface area contributed by atoms with E-state index in [4.69, 9.17) is 0 Å². The van der Waals surface area contributed by atoms with Crippen molar-refractivity contribution >= 4 is 0 Å². The fourth-order valence-electron chi connectivity index (χ4n) is 6.22. The minimum atomic E-state index is 0. The Morgan fingerprint density at radius 3 is 0.857 bits per heavy atom. The first-order valence-corrected chi connectivity index (χ1v) is 16.2. The Morgan fingerprint density at radius 2 is 0.629 bits per heavy atom. The topological polar surface area (TPSA) is 0 Å². The van der Waals surface area contributed by atoms with E-state index >= 15 is 0 Å². The monoisotopic (exact) mass is 495 g/mol. The van der Waals surface area contributed by atoms with Crippen LogP contribution in [-0.2, 0) is 0 Å². The van der Waals surface area contributed by atoms with Gasteiger partial charge in [0, 0.05) is 0 Å². The van der Waals surface area contributed by atoms with E-state index in [0.717, 1.165) is 17.8 Å². The molecule has 35 heavy (non-hydrogen) atoms. The van der Waals surface area contributed by atoms with Gasteiger partial charge in [-0.2, -0.15) is 0 Å². The molecule has 0 unspecified atom stereocenters. The molecule has 0 spiro atoms. The highest BCUT2D eigenvalue weighted by atomic mass is 14.2. The Morgan fingerprint density at radius 1 is 0.400 bits per heavy atom. The first kappa shape index (κ1) is 37.2. The van der Waals surface area contributed by atoms with Crippen LogP contribution in [0.4, 0.5) is 0 Å². The molecule has 0 aromatic heterocycles. The van der Waals surface area contributed by atoms with Crippen molar-refractivity contribution in [3.8, 4) is 0 Å². The van der Waals surface area contributed by atoms with Crippen LogP contribution in [0.15, 0.2) is 0 Å². The van der Waals surface area contributed by atoms with Crippen LogP contribution in [-0.4, -0.2) is 0 Å². The van der Waals surface area contributed by atoms with Gasteiger partial charge in [0.05, 0.1) is 0 Å². The summed E-state index contributed by atoms with van der Waals surface area (Å²) in [7, 11) is 0. The van der Waals surface area contributed by atoms with Crippen molar-refractivity contribution in [1.29, 1.82) is 0 Å². The first-order valence-electron chi connectivity index (χ1n) is 16.2. The third-order valence-corrected chi connectivity index (χ3v) is 8.89. The summed E-state index contributed by atoms with van der Waals surface area (Å²) in [5.41, 5.74) is 0.